The van der Waals surface area contributed by atoms with Gasteiger partial charge in [-0.2, -0.15) is 0 Å². The molecule has 0 fully saturated rings. The van der Waals surface area contributed by atoms with Crippen LogP contribution in [0.3, 0.4) is 0 Å². The third kappa shape index (κ3) is 4.32. The standard InChI is InChI=1S/C11H15NO2.ClH/c1-12-10(8-11(13)14-2)9-6-4-3-5-7-9;/h3-7,10,12H,8H2,1-2H3;1H/t10-;/m0./s1. The molecule has 0 radical (unpaired) electrons. The second-order valence-corrected chi connectivity index (χ2v) is 3.03. The van der Waals surface area contributed by atoms with Crippen LogP contribution in [-0.4, -0.2) is 20.1 Å². The first-order chi connectivity index (χ1) is 6.77. The number of hydrogen-bond acceptors (Lipinski definition) is 3. The number of esters is 1. The predicted molar refractivity (Wildman–Crippen MR) is 62.1 cm³/mol. The highest BCUT2D eigenvalue weighted by molar-refractivity contribution is 5.85. The molecule has 1 atom stereocenters. The maximum Gasteiger partial charge on any atom is 0.307 e. The Morgan fingerprint density at radius 2 is 2.00 bits per heavy atom. The Bertz CT molecular complexity index is 290. The maximum atomic E-state index is 11.1. The summed E-state index contributed by atoms with van der Waals surface area (Å²) in [6, 6.07) is 9.87. The fourth-order valence-electron chi connectivity index (χ4n) is 1.32. The molecule has 0 spiro atoms. The fraction of sp³-hybridized carbons (Fsp3) is 0.364. The molecule has 4 heteroatoms. The molecule has 3 nitrogen and oxygen atoms in total. The molecule has 0 aliphatic heterocycles. The topological polar surface area (TPSA) is 38.3 Å². The van der Waals surface area contributed by atoms with Crippen molar-refractivity contribution in [1.29, 1.82) is 0 Å². The smallest absolute Gasteiger partial charge is 0.307 e. The summed E-state index contributed by atoms with van der Waals surface area (Å²) in [7, 11) is 3.24. The van der Waals surface area contributed by atoms with Gasteiger partial charge in [-0.05, 0) is 12.6 Å². The van der Waals surface area contributed by atoms with Crippen molar-refractivity contribution in [1.82, 2.24) is 5.32 Å². The third-order valence-corrected chi connectivity index (χ3v) is 2.15. The van der Waals surface area contributed by atoms with E-state index in [4.69, 9.17) is 0 Å². The molecule has 1 aromatic rings. The first-order valence-electron chi connectivity index (χ1n) is 4.57. The van der Waals surface area contributed by atoms with E-state index >= 15 is 0 Å². The highest BCUT2D eigenvalue weighted by atomic mass is 35.5. The molecule has 1 aromatic carbocycles. The number of carbonyl (C=O) groups is 1. The molecule has 84 valence electrons. The number of nitrogens with one attached hydrogen (secondary N) is 1. The summed E-state index contributed by atoms with van der Waals surface area (Å²) in [6.45, 7) is 0. The molecule has 1 N–H and O–H groups in total. The molecule has 0 unspecified atom stereocenters. The Labute approximate surface area is 96.2 Å². The van der Waals surface area contributed by atoms with Gasteiger partial charge in [-0.1, -0.05) is 30.3 Å². The van der Waals surface area contributed by atoms with Gasteiger partial charge in [0.1, 0.15) is 0 Å². The monoisotopic (exact) mass is 229 g/mol. The van der Waals surface area contributed by atoms with Crippen molar-refractivity contribution in [3.63, 3.8) is 0 Å². The van der Waals surface area contributed by atoms with Crippen molar-refractivity contribution in [2.24, 2.45) is 0 Å². The highest BCUT2D eigenvalue weighted by Gasteiger charge is 2.13. The second kappa shape index (κ2) is 7.26. The summed E-state index contributed by atoms with van der Waals surface area (Å²) in [5.41, 5.74) is 1.10. The molecule has 0 bridgehead atoms. The number of hydrogen-bond donors (Lipinski definition) is 1. The quantitative estimate of drug-likeness (QED) is 0.802. The van der Waals surface area contributed by atoms with Crippen LogP contribution >= 0.6 is 12.4 Å². The van der Waals surface area contributed by atoms with Crippen LogP contribution in [0.5, 0.6) is 0 Å². The van der Waals surface area contributed by atoms with Crippen LogP contribution in [0, 0.1) is 0 Å². The summed E-state index contributed by atoms with van der Waals surface area (Å²) < 4.78 is 4.63. The van der Waals surface area contributed by atoms with Crippen molar-refractivity contribution in [2.45, 2.75) is 12.5 Å². The highest BCUT2D eigenvalue weighted by Crippen LogP contribution is 2.15. The normalized spacial score (nSPS) is 11.3. The van der Waals surface area contributed by atoms with Gasteiger partial charge in [-0.3, -0.25) is 4.79 Å². The van der Waals surface area contributed by atoms with Crippen LogP contribution < -0.4 is 5.32 Å². The van der Waals surface area contributed by atoms with Gasteiger partial charge in [0.15, 0.2) is 0 Å². The van der Waals surface area contributed by atoms with Crippen LogP contribution in [0.15, 0.2) is 30.3 Å². The Morgan fingerprint density at radius 3 is 2.47 bits per heavy atom. The average molecular weight is 230 g/mol. The lowest BCUT2D eigenvalue weighted by Crippen LogP contribution is -2.20. The van der Waals surface area contributed by atoms with Gasteiger partial charge in [0.2, 0.25) is 0 Å². The molecule has 0 amide bonds. The van der Waals surface area contributed by atoms with E-state index < -0.39 is 0 Å². The van der Waals surface area contributed by atoms with Crippen LogP contribution in [0.2, 0.25) is 0 Å². The van der Waals surface area contributed by atoms with Crippen LogP contribution in [0.1, 0.15) is 18.0 Å². The van der Waals surface area contributed by atoms with Crippen LogP contribution in [0.4, 0.5) is 0 Å². The van der Waals surface area contributed by atoms with Gasteiger partial charge in [0.25, 0.3) is 0 Å². The maximum absolute atomic E-state index is 11.1. The van der Waals surface area contributed by atoms with Crippen LogP contribution in [-0.2, 0) is 9.53 Å². The molecular weight excluding hydrogens is 214 g/mol. The molecule has 0 saturated heterocycles. The Kier molecular flexibility index (Phi) is 6.75. The largest absolute Gasteiger partial charge is 0.469 e. The van der Waals surface area contributed by atoms with Crippen molar-refractivity contribution >= 4 is 18.4 Å². The number of benzene rings is 1. The van der Waals surface area contributed by atoms with Crippen molar-refractivity contribution in [2.75, 3.05) is 14.2 Å². The lowest BCUT2D eigenvalue weighted by Gasteiger charge is -2.14. The zero-order valence-electron chi connectivity index (χ0n) is 8.90. The number of rotatable bonds is 4. The van der Waals surface area contributed by atoms with Crippen LogP contribution in [0.25, 0.3) is 0 Å². The van der Waals surface area contributed by atoms with Gasteiger partial charge in [-0.25, -0.2) is 0 Å². The minimum absolute atomic E-state index is 0. The molecule has 0 aliphatic carbocycles. The molecule has 15 heavy (non-hydrogen) atoms. The van der Waals surface area contributed by atoms with Gasteiger partial charge >= 0.3 is 5.97 Å². The van der Waals surface area contributed by atoms with Crippen molar-refractivity contribution in [3.8, 4) is 0 Å². The summed E-state index contributed by atoms with van der Waals surface area (Å²) in [5, 5.41) is 3.08. The number of methoxy groups -OCH3 is 1. The third-order valence-electron chi connectivity index (χ3n) is 2.15. The number of carbonyl (C=O) groups excluding carboxylic acids is 1. The predicted octanol–water partition coefficient (Wildman–Crippen LogP) is 1.93. The summed E-state index contributed by atoms with van der Waals surface area (Å²) >= 11 is 0. The van der Waals surface area contributed by atoms with E-state index in [0.29, 0.717) is 6.42 Å². The summed E-state index contributed by atoms with van der Waals surface area (Å²) in [5.74, 6) is -0.201. The Hall–Kier alpha value is -1.06. The van der Waals surface area contributed by atoms with E-state index in [1.54, 1.807) is 0 Å². The van der Waals surface area contributed by atoms with E-state index in [0.717, 1.165) is 5.56 Å². The molecule has 0 heterocycles. The summed E-state index contributed by atoms with van der Waals surface area (Å²) in [4.78, 5) is 11.1. The Balaban J connectivity index is 0.00000196. The van der Waals surface area contributed by atoms with E-state index in [1.165, 1.54) is 7.11 Å². The summed E-state index contributed by atoms with van der Waals surface area (Å²) in [6.07, 6.45) is 0.358. The Morgan fingerprint density at radius 1 is 1.40 bits per heavy atom. The zero-order valence-corrected chi connectivity index (χ0v) is 9.71. The number of halogens is 1. The van der Waals surface area contributed by atoms with E-state index in [9.17, 15) is 4.79 Å². The zero-order chi connectivity index (χ0) is 10.4. The van der Waals surface area contributed by atoms with Crippen molar-refractivity contribution in [3.05, 3.63) is 35.9 Å². The molecular formula is C11H16ClNO2. The lowest BCUT2D eigenvalue weighted by atomic mass is 10.0. The van der Waals surface area contributed by atoms with Crippen molar-refractivity contribution < 1.29 is 9.53 Å². The fourth-order valence-corrected chi connectivity index (χ4v) is 1.32. The van der Waals surface area contributed by atoms with E-state index in [1.807, 2.05) is 37.4 Å². The average Bonchev–Trinajstić information content (AvgIpc) is 2.26. The number of ether oxygens (including phenoxy) is 1. The van der Waals surface area contributed by atoms with Gasteiger partial charge < -0.3 is 10.1 Å². The minimum Gasteiger partial charge on any atom is -0.469 e. The van der Waals surface area contributed by atoms with Gasteiger partial charge in [-0.15, -0.1) is 12.4 Å². The van der Waals surface area contributed by atoms with E-state index in [2.05, 4.69) is 10.1 Å². The molecule has 1 rings (SSSR count). The van der Waals surface area contributed by atoms with Gasteiger partial charge in [0.05, 0.1) is 13.5 Å². The first-order valence-corrected chi connectivity index (χ1v) is 4.57. The molecule has 0 saturated carbocycles. The second-order valence-electron chi connectivity index (χ2n) is 3.03. The van der Waals surface area contributed by atoms with E-state index in [-0.39, 0.29) is 24.4 Å². The molecule has 0 aliphatic rings. The van der Waals surface area contributed by atoms with Gasteiger partial charge in [0, 0.05) is 6.04 Å². The minimum atomic E-state index is -0.201. The first kappa shape index (κ1) is 13.9. The SMILES string of the molecule is CN[C@@H](CC(=O)OC)c1ccccc1.Cl. The molecule has 0 aromatic heterocycles. The lowest BCUT2D eigenvalue weighted by molar-refractivity contribution is -0.141.